The summed E-state index contributed by atoms with van der Waals surface area (Å²) in [5.41, 5.74) is 9.97. The Labute approximate surface area is 119 Å². The first-order valence-electron chi connectivity index (χ1n) is 6.98. The fourth-order valence-corrected chi connectivity index (χ4v) is 2.88. The van der Waals surface area contributed by atoms with Crippen LogP contribution >= 0.6 is 0 Å². The molecular weight excluding hydrogens is 244 g/mol. The zero-order valence-corrected chi connectivity index (χ0v) is 12.5. The Balaban J connectivity index is 1.99. The van der Waals surface area contributed by atoms with Crippen LogP contribution in [0.15, 0.2) is 36.4 Å². The molecule has 20 heavy (non-hydrogen) atoms. The van der Waals surface area contributed by atoms with Gasteiger partial charge in [-0.15, -0.1) is 0 Å². The summed E-state index contributed by atoms with van der Waals surface area (Å²) in [7, 11) is 0. The van der Waals surface area contributed by atoms with Crippen molar-refractivity contribution in [2.45, 2.75) is 27.7 Å². The van der Waals surface area contributed by atoms with Crippen LogP contribution in [-0.4, -0.2) is 9.97 Å². The topological polar surface area (TPSA) is 31.6 Å². The largest absolute Gasteiger partial charge is 0.362 e. The van der Waals surface area contributed by atoms with Gasteiger partial charge >= 0.3 is 0 Å². The standard InChI is InChI=1S/C18H20N2/c1-11-9-17(13(3)19-11)15-5-7-16(8-6-15)18-10-12(2)20-14(18)4/h5-10,19-20H,1-4H3. The van der Waals surface area contributed by atoms with Gasteiger partial charge in [-0.2, -0.15) is 0 Å². The van der Waals surface area contributed by atoms with Gasteiger partial charge in [0.2, 0.25) is 0 Å². The minimum Gasteiger partial charge on any atom is -0.362 e. The first kappa shape index (κ1) is 12.8. The minimum atomic E-state index is 1.21. The third-order valence-corrected chi connectivity index (χ3v) is 3.81. The zero-order chi connectivity index (χ0) is 14.3. The monoisotopic (exact) mass is 264 g/mol. The summed E-state index contributed by atoms with van der Waals surface area (Å²) >= 11 is 0. The van der Waals surface area contributed by atoms with Crippen molar-refractivity contribution in [3.05, 3.63) is 59.2 Å². The van der Waals surface area contributed by atoms with E-state index < -0.39 is 0 Å². The number of aryl methyl sites for hydroxylation is 4. The Kier molecular flexibility index (Phi) is 3.01. The van der Waals surface area contributed by atoms with E-state index in [4.69, 9.17) is 0 Å². The Bertz CT molecular complexity index is 677. The molecule has 0 amide bonds. The smallest absolute Gasteiger partial charge is 0.0197 e. The molecule has 0 saturated carbocycles. The number of aromatic nitrogens is 2. The van der Waals surface area contributed by atoms with Gasteiger partial charge in [-0.1, -0.05) is 24.3 Å². The van der Waals surface area contributed by atoms with Gasteiger partial charge in [0.05, 0.1) is 0 Å². The van der Waals surface area contributed by atoms with E-state index in [0.29, 0.717) is 0 Å². The van der Waals surface area contributed by atoms with E-state index in [9.17, 15) is 0 Å². The first-order valence-corrected chi connectivity index (χ1v) is 6.98. The van der Waals surface area contributed by atoms with Crippen molar-refractivity contribution in [3.8, 4) is 22.3 Å². The van der Waals surface area contributed by atoms with Crippen LogP contribution in [0, 0.1) is 27.7 Å². The molecule has 2 aromatic heterocycles. The molecule has 0 unspecified atom stereocenters. The van der Waals surface area contributed by atoms with Crippen LogP contribution in [0.2, 0.25) is 0 Å². The van der Waals surface area contributed by atoms with Crippen LogP contribution in [0.5, 0.6) is 0 Å². The maximum Gasteiger partial charge on any atom is 0.0197 e. The number of nitrogens with one attached hydrogen (secondary N) is 2. The molecule has 1 aromatic carbocycles. The van der Waals surface area contributed by atoms with E-state index in [-0.39, 0.29) is 0 Å². The summed E-state index contributed by atoms with van der Waals surface area (Å²) in [5, 5.41) is 0. The van der Waals surface area contributed by atoms with Gasteiger partial charge < -0.3 is 9.97 Å². The molecule has 3 rings (SSSR count). The number of aromatic amines is 2. The van der Waals surface area contributed by atoms with Crippen LogP contribution in [0.4, 0.5) is 0 Å². The molecule has 2 N–H and O–H groups in total. The van der Waals surface area contributed by atoms with Crippen LogP contribution in [-0.2, 0) is 0 Å². The molecule has 0 saturated heterocycles. The lowest BCUT2D eigenvalue weighted by atomic mass is 10.0. The number of hydrogen-bond donors (Lipinski definition) is 2. The second kappa shape index (κ2) is 4.71. The Hall–Kier alpha value is -2.22. The van der Waals surface area contributed by atoms with E-state index in [0.717, 1.165) is 0 Å². The number of H-pyrrole nitrogens is 2. The van der Waals surface area contributed by atoms with Crippen molar-refractivity contribution in [1.29, 1.82) is 0 Å². The maximum atomic E-state index is 3.36. The van der Waals surface area contributed by atoms with Gasteiger partial charge in [-0.3, -0.25) is 0 Å². The molecule has 0 fully saturated rings. The van der Waals surface area contributed by atoms with Crippen LogP contribution in [0.25, 0.3) is 22.3 Å². The molecule has 2 heterocycles. The molecule has 0 aliphatic rings. The van der Waals surface area contributed by atoms with Gasteiger partial charge in [-0.25, -0.2) is 0 Å². The zero-order valence-electron chi connectivity index (χ0n) is 12.5. The lowest BCUT2D eigenvalue weighted by Crippen LogP contribution is -1.82. The highest BCUT2D eigenvalue weighted by Crippen LogP contribution is 2.29. The maximum absolute atomic E-state index is 3.36. The third-order valence-electron chi connectivity index (χ3n) is 3.81. The molecular formula is C18H20N2. The Morgan fingerprint density at radius 3 is 1.20 bits per heavy atom. The Morgan fingerprint density at radius 1 is 0.600 bits per heavy atom. The number of benzene rings is 1. The van der Waals surface area contributed by atoms with Gasteiger partial charge in [0.25, 0.3) is 0 Å². The summed E-state index contributed by atoms with van der Waals surface area (Å²) in [4.78, 5) is 6.72. The molecule has 0 radical (unpaired) electrons. The summed E-state index contributed by atoms with van der Waals surface area (Å²) < 4.78 is 0. The fourth-order valence-electron chi connectivity index (χ4n) is 2.88. The third kappa shape index (κ3) is 2.18. The molecule has 2 nitrogen and oxygen atoms in total. The van der Waals surface area contributed by atoms with E-state index in [1.807, 2.05) is 0 Å². The number of hydrogen-bond acceptors (Lipinski definition) is 0. The van der Waals surface area contributed by atoms with E-state index >= 15 is 0 Å². The molecule has 0 atom stereocenters. The molecule has 0 bridgehead atoms. The normalized spacial score (nSPS) is 11.0. The van der Waals surface area contributed by atoms with Crippen molar-refractivity contribution in [3.63, 3.8) is 0 Å². The van der Waals surface area contributed by atoms with E-state index in [1.54, 1.807) is 0 Å². The number of rotatable bonds is 2. The second-order valence-electron chi connectivity index (χ2n) is 5.56. The van der Waals surface area contributed by atoms with Gasteiger partial charge in [0.1, 0.15) is 0 Å². The summed E-state index contributed by atoms with van der Waals surface area (Å²) in [6.07, 6.45) is 0. The van der Waals surface area contributed by atoms with Gasteiger partial charge in [0, 0.05) is 33.9 Å². The predicted molar refractivity (Wildman–Crippen MR) is 85.0 cm³/mol. The average Bonchev–Trinajstić information content (AvgIpc) is 2.92. The fraction of sp³-hybridized carbons (Fsp3) is 0.222. The molecule has 0 spiro atoms. The highest BCUT2D eigenvalue weighted by Gasteiger charge is 2.07. The molecule has 2 heteroatoms. The van der Waals surface area contributed by atoms with Crippen LogP contribution in [0.3, 0.4) is 0 Å². The summed E-state index contributed by atoms with van der Waals surface area (Å²) in [6, 6.07) is 13.2. The van der Waals surface area contributed by atoms with E-state index in [1.165, 1.54) is 45.0 Å². The second-order valence-corrected chi connectivity index (χ2v) is 5.56. The molecule has 3 aromatic rings. The first-order chi connectivity index (χ1) is 9.54. The highest BCUT2D eigenvalue weighted by atomic mass is 14.7. The highest BCUT2D eigenvalue weighted by molar-refractivity contribution is 5.73. The Morgan fingerprint density at radius 2 is 0.950 bits per heavy atom. The van der Waals surface area contributed by atoms with Crippen molar-refractivity contribution in [2.75, 3.05) is 0 Å². The van der Waals surface area contributed by atoms with Crippen molar-refractivity contribution in [1.82, 2.24) is 9.97 Å². The van der Waals surface area contributed by atoms with Gasteiger partial charge in [0.15, 0.2) is 0 Å². The summed E-state index contributed by atoms with van der Waals surface area (Å²) in [6.45, 7) is 8.43. The van der Waals surface area contributed by atoms with Crippen LogP contribution < -0.4 is 0 Å². The summed E-state index contributed by atoms with van der Waals surface area (Å²) in [5.74, 6) is 0. The van der Waals surface area contributed by atoms with Crippen molar-refractivity contribution < 1.29 is 0 Å². The van der Waals surface area contributed by atoms with E-state index in [2.05, 4.69) is 74.1 Å². The molecule has 0 aliphatic carbocycles. The molecule has 0 aliphatic heterocycles. The van der Waals surface area contributed by atoms with Crippen molar-refractivity contribution >= 4 is 0 Å². The quantitative estimate of drug-likeness (QED) is 0.659. The lowest BCUT2D eigenvalue weighted by molar-refractivity contribution is 1.19. The molecule has 102 valence electrons. The lowest BCUT2D eigenvalue weighted by Gasteiger charge is -2.04. The van der Waals surface area contributed by atoms with Crippen LogP contribution in [0.1, 0.15) is 22.8 Å². The minimum absolute atomic E-state index is 1.21. The van der Waals surface area contributed by atoms with Crippen molar-refractivity contribution in [2.24, 2.45) is 0 Å². The average molecular weight is 264 g/mol. The van der Waals surface area contributed by atoms with Gasteiger partial charge in [-0.05, 0) is 51.0 Å². The SMILES string of the molecule is Cc1cc(-c2ccc(-c3cc(C)[nH]c3C)cc2)c(C)[nH]1. The predicted octanol–water partition coefficient (Wildman–Crippen LogP) is 4.91.